The Kier molecular flexibility index (Phi) is 6.88. The van der Waals surface area contributed by atoms with Crippen LogP contribution in [0.2, 0.25) is 18.1 Å². The van der Waals surface area contributed by atoms with Gasteiger partial charge in [0.2, 0.25) is 0 Å². The van der Waals surface area contributed by atoms with E-state index in [1.165, 1.54) is 0 Å². The summed E-state index contributed by atoms with van der Waals surface area (Å²) in [6, 6.07) is 3.16. The van der Waals surface area contributed by atoms with Crippen molar-refractivity contribution >= 4 is 14.3 Å². The molecule has 84 valence electrons. The number of rotatable bonds is 7. The van der Waals surface area contributed by atoms with Crippen molar-refractivity contribution in [1.82, 2.24) is 0 Å². The topological polar surface area (TPSA) is 26.3 Å². The molecule has 3 heteroatoms. The summed E-state index contributed by atoms with van der Waals surface area (Å²) in [4.78, 5) is 11.5. The molecule has 0 radical (unpaired) electrons. The highest BCUT2D eigenvalue weighted by Crippen LogP contribution is 2.22. The molecule has 0 saturated heterocycles. The number of hydrogen-bond donors (Lipinski definition) is 0. The molecule has 0 heterocycles. The van der Waals surface area contributed by atoms with Crippen LogP contribution in [0.25, 0.3) is 0 Å². The molecule has 0 rings (SSSR count). The van der Waals surface area contributed by atoms with Gasteiger partial charge in [0.1, 0.15) is 0 Å². The average Bonchev–Trinajstić information content (AvgIpc) is 2.23. The first-order chi connectivity index (χ1) is 6.64. The van der Waals surface area contributed by atoms with Crippen molar-refractivity contribution in [2.45, 2.75) is 65.1 Å². The van der Waals surface area contributed by atoms with Gasteiger partial charge in [-0.15, -0.1) is 0 Å². The molecule has 0 aromatic heterocycles. The van der Waals surface area contributed by atoms with E-state index in [2.05, 4.69) is 27.7 Å². The standard InChI is InChI=1S/C11H24O2Si/c1-5-9-10-11(12)13-14(6-2,7-3)8-4/h5-10H2,1-4H3. The molecular weight excluding hydrogens is 192 g/mol. The molecule has 0 N–H and O–H groups in total. The molecule has 2 nitrogen and oxygen atoms in total. The molecule has 0 fully saturated rings. The minimum absolute atomic E-state index is 0.0315. The van der Waals surface area contributed by atoms with Crippen LogP contribution in [0.5, 0.6) is 0 Å². The lowest BCUT2D eigenvalue weighted by Crippen LogP contribution is -2.38. The van der Waals surface area contributed by atoms with Crippen molar-refractivity contribution < 1.29 is 9.22 Å². The molecule has 0 aromatic carbocycles. The maximum atomic E-state index is 11.5. The van der Waals surface area contributed by atoms with Crippen molar-refractivity contribution in [2.75, 3.05) is 0 Å². The van der Waals surface area contributed by atoms with Crippen LogP contribution in [0.3, 0.4) is 0 Å². The summed E-state index contributed by atoms with van der Waals surface area (Å²) in [7, 11) is -1.68. The molecule has 0 saturated carbocycles. The fraction of sp³-hybridized carbons (Fsp3) is 0.909. The highest BCUT2D eigenvalue weighted by Gasteiger charge is 2.32. The maximum absolute atomic E-state index is 11.5. The molecule has 0 atom stereocenters. The largest absolute Gasteiger partial charge is 0.519 e. The number of carbonyl (C=O) groups excluding carboxylic acids is 1. The molecule has 0 aromatic rings. The normalized spacial score (nSPS) is 11.4. The number of unbranched alkanes of at least 4 members (excludes halogenated alkanes) is 1. The third kappa shape index (κ3) is 4.27. The number of hydrogen-bond acceptors (Lipinski definition) is 2. The summed E-state index contributed by atoms with van der Waals surface area (Å²) >= 11 is 0. The molecule has 14 heavy (non-hydrogen) atoms. The van der Waals surface area contributed by atoms with Crippen molar-refractivity contribution in [3.63, 3.8) is 0 Å². The third-order valence-corrected chi connectivity index (χ3v) is 7.52. The highest BCUT2D eigenvalue weighted by atomic mass is 28.4. The third-order valence-electron chi connectivity index (χ3n) is 3.00. The van der Waals surface area contributed by atoms with E-state index in [0.29, 0.717) is 6.42 Å². The van der Waals surface area contributed by atoms with E-state index < -0.39 is 8.32 Å². The lowest BCUT2D eigenvalue weighted by Gasteiger charge is -2.27. The lowest BCUT2D eigenvalue weighted by molar-refractivity contribution is -0.135. The zero-order valence-corrected chi connectivity index (χ0v) is 11.1. The SMILES string of the molecule is CCCCC(=O)O[Si](CC)(CC)CC. The summed E-state index contributed by atoms with van der Waals surface area (Å²) in [6.45, 7) is 8.53. The molecule has 0 bridgehead atoms. The van der Waals surface area contributed by atoms with Crippen LogP contribution < -0.4 is 0 Å². The molecule has 0 unspecified atom stereocenters. The smallest absolute Gasteiger partial charge is 0.292 e. The average molecular weight is 216 g/mol. The lowest BCUT2D eigenvalue weighted by atomic mass is 10.3. The van der Waals surface area contributed by atoms with E-state index >= 15 is 0 Å². The van der Waals surface area contributed by atoms with Crippen LogP contribution in [0.15, 0.2) is 0 Å². The Bertz CT molecular complexity index is 156. The summed E-state index contributed by atoms with van der Waals surface area (Å²) in [5.74, 6) is 0.0315. The van der Waals surface area contributed by atoms with Gasteiger partial charge in [-0.05, 0) is 24.6 Å². The molecule has 0 aliphatic rings. The van der Waals surface area contributed by atoms with Gasteiger partial charge in [0.25, 0.3) is 14.3 Å². The summed E-state index contributed by atoms with van der Waals surface area (Å²) in [6.07, 6.45) is 2.62. The first kappa shape index (κ1) is 13.7. The Morgan fingerprint density at radius 2 is 1.57 bits per heavy atom. The van der Waals surface area contributed by atoms with Crippen LogP contribution in [0.1, 0.15) is 47.0 Å². The van der Waals surface area contributed by atoms with Crippen molar-refractivity contribution in [3.05, 3.63) is 0 Å². The van der Waals surface area contributed by atoms with Gasteiger partial charge in [-0.2, -0.15) is 0 Å². The van der Waals surface area contributed by atoms with E-state index in [9.17, 15) is 4.79 Å². The minimum atomic E-state index is -1.68. The predicted molar refractivity (Wildman–Crippen MR) is 62.8 cm³/mol. The van der Waals surface area contributed by atoms with Gasteiger partial charge >= 0.3 is 0 Å². The summed E-state index contributed by atoms with van der Waals surface area (Å²) in [5, 5.41) is 0. The van der Waals surface area contributed by atoms with E-state index in [1.807, 2.05) is 0 Å². The first-order valence-electron chi connectivity index (χ1n) is 5.86. The van der Waals surface area contributed by atoms with E-state index in [4.69, 9.17) is 4.43 Å². The van der Waals surface area contributed by atoms with Crippen molar-refractivity contribution in [2.24, 2.45) is 0 Å². The zero-order valence-electron chi connectivity index (χ0n) is 10.1. The van der Waals surface area contributed by atoms with E-state index in [1.54, 1.807) is 0 Å². The van der Waals surface area contributed by atoms with Gasteiger partial charge in [0, 0.05) is 6.42 Å². The van der Waals surface area contributed by atoms with Gasteiger partial charge in [-0.1, -0.05) is 34.1 Å². The van der Waals surface area contributed by atoms with Crippen LogP contribution in [-0.4, -0.2) is 14.3 Å². The van der Waals surface area contributed by atoms with Gasteiger partial charge in [-0.3, -0.25) is 4.79 Å². The Balaban J connectivity index is 4.08. The van der Waals surface area contributed by atoms with Gasteiger partial charge in [0.15, 0.2) is 0 Å². The monoisotopic (exact) mass is 216 g/mol. The Labute approximate surface area is 89.2 Å². The second kappa shape index (κ2) is 7.04. The Morgan fingerprint density at radius 1 is 1.07 bits per heavy atom. The second-order valence-electron chi connectivity index (χ2n) is 3.82. The molecule has 0 amide bonds. The molecule has 0 spiro atoms. The molecule has 0 aliphatic heterocycles. The fourth-order valence-corrected chi connectivity index (χ4v) is 4.10. The van der Waals surface area contributed by atoms with Crippen molar-refractivity contribution in [3.8, 4) is 0 Å². The summed E-state index contributed by atoms with van der Waals surface area (Å²) in [5.41, 5.74) is 0. The van der Waals surface area contributed by atoms with Crippen LogP contribution in [0.4, 0.5) is 0 Å². The van der Waals surface area contributed by atoms with Gasteiger partial charge < -0.3 is 4.43 Å². The Morgan fingerprint density at radius 3 is 1.93 bits per heavy atom. The molecule has 0 aliphatic carbocycles. The Hall–Kier alpha value is -0.313. The predicted octanol–water partition coefficient (Wildman–Crippen LogP) is 3.73. The minimum Gasteiger partial charge on any atom is -0.519 e. The van der Waals surface area contributed by atoms with E-state index in [-0.39, 0.29) is 5.97 Å². The van der Waals surface area contributed by atoms with Crippen LogP contribution in [-0.2, 0) is 9.22 Å². The highest BCUT2D eigenvalue weighted by molar-refractivity contribution is 6.74. The quantitative estimate of drug-likeness (QED) is 0.606. The maximum Gasteiger partial charge on any atom is 0.292 e. The van der Waals surface area contributed by atoms with E-state index in [0.717, 1.165) is 31.0 Å². The van der Waals surface area contributed by atoms with Gasteiger partial charge in [0.05, 0.1) is 0 Å². The number of carbonyl (C=O) groups is 1. The zero-order chi connectivity index (χ0) is 11.0. The summed E-state index contributed by atoms with van der Waals surface area (Å²) < 4.78 is 5.69. The first-order valence-corrected chi connectivity index (χ1v) is 8.38. The fourth-order valence-electron chi connectivity index (χ4n) is 1.58. The van der Waals surface area contributed by atoms with Crippen LogP contribution >= 0.6 is 0 Å². The molecular formula is C11H24O2Si. The van der Waals surface area contributed by atoms with Crippen molar-refractivity contribution in [1.29, 1.82) is 0 Å². The second-order valence-corrected chi connectivity index (χ2v) is 8.51. The van der Waals surface area contributed by atoms with Crippen LogP contribution in [0, 0.1) is 0 Å². The van der Waals surface area contributed by atoms with Gasteiger partial charge in [-0.25, -0.2) is 0 Å².